The number of H-pyrrole nitrogens is 1. The maximum Gasteiger partial charge on any atom is 0.272 e. The summed E-state index contributed by atoms with van der Waals surface area (Å²) >= 11 is 0. The monoisotopic (exact) mass is 507 g/mol. The van der Waals surface area contributed by atoms with Crippen molar-refractivity contribution in [1.82, 2.24) is 20.6 Å². The molecule has 1 atom stereocenters. The van der Waals surface area contributed by atoms with Gasteiger partial charge in [0.2, 0.25) is 0 Å². The van der Waals surface area contributed by atoms with Crippen molar-refractivity contribution in [2.45, 2.75) is 79.2 Å². The fraction of sp³-hybridized carbons (Fsp3) is 0.517. The van der Waals surface area contributed by atoms with E-state index in [2.05, 4.69) is 58.7 Å². The zero-order valence-electron chi connectivity index (χ0n) is 23.6. The number of aromatic nitrogens is 4. The van der Waals surface area contributed by atoms with Crippen LogP contribution in [0.25, 0.3) is 0 Å². The number of anilines is 1. The van der Waals surface area contributed by atoms with Crippen LogP contribution in [0.2, 0.25) is 0 Å². The van der Waals surface area contributed by atoms with Crippen LogP contribution in [0.15, 0.2) is 36.4 Å². The Hall–Kier alpha value is -3.26. The fourth-order valence-electron chi connectivity index (χ4n) is 4.55. The maximum absolute atomic E-state index is 13.1. The number of benzene rings is 2. The third-order valence-corrected chi connectivity index (χ3v) is 8.01. The topological polar surface area (TPSA) is 104 Å². The first-order valence-corrected chi connectivity index (χ1v) is 12.9. The average Bonchev–Trinajstić information content (AvgIpc) is 3.38. The molecule has 8 nitrogen and oxygen atoms in total. The molecule has 2 N–H and O–H groups in total. The molecular weight excluding hydrogens is 466 g/mol. The number of nitrogens with zero attached hydrogens (tertiary/aromatic N) is 4. The van der Waals surface area contributed by atoms with Gasteiger partial charge in [0.15, 0.2) is 0 Å². The minimum atomic E-state index is -0.955. The van der Waals surface area contributed by atoms with Gasteiger partial charge in [0.1, 0.15) is 18.0 Å². The van der Waals surface area contributed by atoms with E-state index in [0.717, 1.165) is 35.3 Å². The minimum absolute atomic E-state index is 0.187. The van der Waals surface area contributed by atoms with E-state index in [-0.39, 0.29) is 29.3 Å². The lowest BCUT2D eigenvalue weighted by atomic mass is 9.70. The summed E-state index contributed by atoms with van der Waals surface area (Å²) in [6, 6.07) is 12.4. The van der Waals surface area contributed by atoms with Crippen LogP contribution in [-0.2, 0) is 5.41 Å². The molecule has 3 aromatic rings. The Balaban J connectivity index is 1.91. The molecule has 0 fully saturated rings. The highest BCUT2D eigenvalue weighted by Crippen LogP contribution is 2.41. The molecule has 1 heterocycles. The van der Waals surface area contributed by atoms with Gasteiger partial charge in [-0.3, -0.25) is 9.69 Å². The molecule has 37 heavy (non-hydrogen) atoms. The molecular formula is C29H41N5O3. The first-order valence-electron chi connectivity index (χ1n) is 12.9. The lowest BCUT2D eigenvalue weighted by Gasteiger charge is -2.37. The number of aliphatic hydroxyl groups is 1. The second-order valence-electron chi connectivity index (χ2n) is 11.2. The van der Waals surface area contributed by atoms with E-state index in [4.69, 9.17) is 4.74 Å². The fourth-order valence-corrected chi connectivity index (χ4v) is 4.55. The lowest BCUT2D eigenvalue weighted by Crippen LogP contribution is -2.45. The lowest BCUT2D eigenvalue weighted by molar-refractivity contribution is -0.0725. The van der Waals surface area contributed by atoms with Gasteiger partial charge in [-0.25, -0.2) is 0 Å². The van der Waals surface area contributed by atoms with Crippen molar-refractivity contribution < 1.29 is 14.6 Å². The summed E-state index contributed by atoms with van der Waals surface area (Å²) in [5, 5.41) is 24.5. The van der Waals surface area contributed by atoms with Crippen LogP contribution in [0.3, 0.4) is 0 Å². The molecule has 3 rings (SSSR count). The predicted octanol–water partition coefficient (Wildman–Crippen LogP) is 5.38. The molecule has 0 saturated carbocycles. The number of carbonyl (C=O) groups excluding carboxylic acids is 1. The highest BCUT2D eigenvalue weighted by atomic mass is 16.5. The third kappa shape index (κ3) is 5.54. The minimum Gasteiger partial charge on any atom is -0.490 e. The molecule has 1 amide bonds. The van der Waals surface area contributed by atoms with Gasteiger partial charge in [-0.2, -0.15) is 5.21 Å². The zero-order valence-corrected chi connectivity index (χ0v) is 23.6. The smallest absolute Gasteiger partial charge is 0.272 e. The standard InChI is InChI=1S/C29H41N5O3/c1-10-29(11-2,22-13-15-24(20(4)17-22)37-18-28(8,36)27(5,6)7)21-12-14-23(19(3)16-21)25(35)34(9)26-30-32-33-31-26/h12-17,36H,10-11,18H2,1-9H3,(H,30,31,32,33). The van der Waals surface area contributed by atoms with E-state index in [0.29, 0.717) is 5.56 Å². The van der Waals surface area contributed by atoms with Gasteiger partial charge < -0.3 is 9.84 Å². The summed E-state index contributed by atoms with van der Waals surface area (Å²) in [5.74, 6) is 0.815. The Labute approximate surface area is 220 Å². The van der Waals surface area contributed by atoms with Gasteiger partial charge >= 0.3 is 0 Å². The average molecular weight is 508 g/mol. The van der Waals surface area contributed by atoms with Crippen molar-refractivity contribution in [1.29, 1.82) is 0 Å². The van der Waals surface area contributed by atoms with Crippen LogP contribution in [0.5, 0.6) is 5.75 Å². The van der Waals surface area contributed by atoms with Crippen molar-refractivity contribution in [3.8, 4) is 5.75 Å². The molecule has 0 aliphatic carbocycles. The highest BCUT2D eigenvalue weighted by Gasteiger charge is 2.36. The summed E-state index contributed by atoms with van der Waals surface area (Å²) in [6.07, 6.45) is 1.80. The van der Waals surface area contributed by atoms with Crippen molar-refractivity contribution in [3.05, 3.63) is 64.2 Å². The zero-order chi connectivity index (χ0) is 27.6. The van der Waals surface area contributed by atoms with Crippen LogP contribution < -0.4 is 9.64 Å². The Morgan fingerprint density at radius 3 is 2.08 bits per heavy atom. The van der Waals surface area contributed by atoms with Crippen molar-refractivity contribution >= 4 is 11.9 Å². The van der Waals surface area contributed by atoms with E-state index in [1.807, 2.05) is 53.7 Å². The van der Waals surface area contributed by atoms with Crippen LogP contribution in [0.1, 0.15) is 87.0 Å². The number of carbonyl (C=O) groups is 1. The first-order chi connectivity index (χ1) is 17.3. The molecule has 0 bridgehead atoms. The second kappa shape index (κ2) is 10.6. The third-order valence-electron chi connectivity index (χ3n) is 8.01. The summed E-state index contributed by atoms with van der Waals surface area (Å²) < 4.78 is 6.07. The molecule has 200 valence electrons. The van der Waals surface area contributed by atoms with Crippen molar-refractivity contribution in [2.75, 3.05) is 18.6 Å². The van der Waals surface area contributed by atoms with Crippen LogP contribution >= 0.6 is 0 Å². The number of hydrogen-bond donors (Lipinski definition) is 2. The predicted molar refractivity (Wildman–Crippen MR) is 146 cm³/mol. The van der Waals surface area contributed by atoms with E-state index >= 15 is 0 Å². The Morgan fingerprint density at radius 2 is 1.59 bits per heavy atom. The van der Waals surface area contributed by atoms with E-state index in [1.54, 1.807) is 7.05 Å². The summed E-state index contributed by atoms with van der Waals surface area (Å²) in [5.41, 5.74) is 3.42. The Bertz CT molecular complexity index is 1220. The molecule has 0 radical (unpaired) electrons. The number of tetrazole rings is 1. The molecule has 0 spiro atoms. The summed E-state index contributed by atoms with van der Waals surface area (Å²) in [4.78, 5) is 14.5. The highest BCUT2D eigenvalue weighted by molar-refractivity contribution is 6.05. The molecule has 8 heteroatoms. The SMILES string of the molecule is CCC(CC)(c1ccc(OCC(C)(O)C(C)(C)C)c(C)c1)c1ccc(C(=O)N(C)c2nn[nH]n2)c(C)c1. The molecule has 2 aromatic carbocycles. The summed E-state index contributed by atoms with van der Waals surface area (Å²) in [7, 11) is 1.64. The molecule has 1 aromatic heterocycles. The van der Waals surface area contributed by atoms with E-state index < -0.39 is 5.60 Å². The van der Waals surface area contributed by atoms with Gasteiger partial charge in [-0.05, 0) is 78.6 Å². The van der Waals surface area contributed by atoms with E-state index in [9.17, 15) is 9.90 Å². The van der Waals surface area contributed by atoms with Crippen molar-refractivity contribution in [2.24, 2.45) is 5.41 Å². The number of aryl methyl sites for hydroxylation is 2. The van der Waals surface area contributed by atoms with Gasteiger partial charge in [0.25, 0.3) is 11.9 Å². The van der Waals surface area contributed by atoms with Crippen LogP contribution in [-0.4, -0.2) is 50.9 Å². The molecule has 0 aliphatic rings. The van der Waals surface area contributed by atoms with Crippen LogP contribution in [0.4, 0.5) is 5.95 Å². The second-order valence-corrected chi connectivity index (χ2v) is 11.2. The number of rotatable bonds is 9. The summed E-state index contributed by atoms with van der Waals surface area (Å²) in [6.45, 7) is 16.4. The number of aromatic amines is 1. The largest absolute Gasteiger partial charge is 0.490 e. The van der Waals surface area contributed by atoms with Crippen molar-refractivity contribution in [3.63, 3.8) is 0 Å². The maximum atomic E-state index is 13.1. The van der Waals surface area contributed by atoms with Gasteiger partial charge in [-0.15, -0.1) is 5.10 Å². The van der Waals surface area contributed by atoms with E-state index in [1.165, 1.54) is 10.5 Å². The Morgan fingerprint density at radius 1 is 1.00 bits per heavy atom. The number of ether oxygens (including phenoxy) is 1. The molecule has 1 unspecified atom stereocenters. The quantitative estimate of drug-likeness (QED) is 0.403. The van der Waals surface area contributed by atoms with Gasteiger partial charge in [0, 0.05) is 18.0 Å². The molecule has 0 aliphatic heterocycles. The molecule has 0 saturated heterocycles. The number of hydrogen-bond acceptors (Lipinski definition) is 6. The number of amides is 1. The number of nitrogens with one attached hydrogen (secondary N) is 1. The first kappa shape index (κ1) is 28.3. The van der Waals surface area contributed by atoms with Crippen LogP contribution in [0, 0.1) is 19.3 Å². The van der Waals surface area contributed by atoms with Gasteiger partial charge in [-0.1, -0.05) is 64.0 Å². The van der Waals surface area contributed by atoms with Gasteiger partial charge in [0.05, 0.1) is 0 Å². The normalized spacial score (nSPS) is 13.8. The Kier molecular flexibility index (Phi) is 8.12.